The minimum atomic E-state index is -0.291. The van der Waals surface area contributed by atoms with E-state index in [0.717, 1.165) is 31.7 Å². The molecule has 2 fully saturated rings. The second-order valence-corrected chi connectivity index (χ2v) is 6.25. The van der Waals surface area contributed by atoms with Crippen molar-refractivity contribution >= 4 is 40.7 Å². The topological polar surface area (TPSA) is 35.5 Å². The fraction of sp³-hybridized carbons (Fsp3) is 0.571. The van der Waals surface area contributed by atoms with E-state index in [2.05, 4.69) is 26.1 Å². The second-order valence-electron chi connectivity index (χ2n) is 5.39. The van der Waals surface area contributed by atoms with Crippen LogP contribution in [0.5, 0.6) is 5.75 Å². The lowest BCUT2D eigenvalue weighted by Gasteiger charge is -2.35. The van der Waals surface area contributed by atoms with Gasteiger partial charge in [-0.1, -0.05) is 0 Å². The van der Waals surface area contributed by atoms with Gasteiger partial charge < -0.3 is 10.4 Å². The summed E-state index contributed by atoms with van der Waals surface area (Å²) in [4.78, 5) is 2.37. The molecule has 21 heavy (non-hydrogen) atoms. The van der Waals surface area contributed by atoms with Crippen LogP contribution in [0.25, 0.3) is 0 Å². The molecule has 1 aromatic rings. The molecule has 1 aromatic carbocycles. The summed E-state index contributed by atoms with van der Waals surface area (Å²) >= 11 is 3.24. The summed E-state index contributed by atoms with van der Waals surface area (Å²) < 4.78 is 14.1. The highest BCUT2D eigenvalue weighted by Crippen LogP contribution is 2.48. The van der Waals surface area contributed by atoms with E-state index in [0.29, 0.717) is 10.4 Å². The highest BCUT2D eigenvalue weighted by atomic mass is 79.9. The van der Waals surface area contributed by atoms with Crippen molar-refractivity contribution in [1.82, 2.24) is 10.2 Å². The molecule has 0 aromatic heterocycles. The predicted molar refractivity (Wildman–Crippen MR) is 90.2 cm³/mol. The zero-order chi connectivity index (χ0) is 13.4. The van der Waals surface area contributed by atoms with Crippen molar-refractivity contribution in [2.75, 3.05) is 26.2 Å². The molecule has 0 amide bonds. The van der Waals surface area contributed by atoms with Crippen molar-refractivity contribution < 1.29 is 9.50 Å². The van der Waals surface area contributed by atoms with E-state index in [1.807, 2.05) is 0 Å². The first-order valence-corrected chi connectivity index (χ1v) is 7.59. The largest absolute Gasteiger partial charge is 0.506 e. The third-order valence-corrected chi connectivity index (χ3v) is 4.59. The number of rotatable bonds is 3. The van der Waals surface area contributed by atoms with Gasteiger partial charge >= 0.3 is 0 Å². The number of benzene rings is 1. The molecule has 3 rings (SSSR count). The highest BCUT2D eigenvalue weighted by Gasteiger charge is 2.38. The minimum absolute atomic E-state index is 0. The number of aromatic hydroxyl groups is 1. The Hall–Kier alpha value is -0.0700. The van der Waals surface area contributed by atoms with Crippen LogP contribution in [0.4, 0.5) is 4.39 Å². The quantitative estimate of drug-likeness (QED) is 0.813. The van der Waals surface area contributed by atoms with Gasteiger partial charge in [-0.2, -0.15) is 0 Å². The maximum atomic E-state index is 13.6. The standard InChI is InChI=1S/C14H18BrFN2O.2ClH/c15-12-8-10(16)7-11(14(12)19)13(9-1-2-9)18-5-3-17-4-6-18;;/h7-9,13,17,19H,1-6H2;2*1H/t13-;;/m0../s1. The van der Waals surface area contributed by atoms with Crippen molar-refractivity contribution in [2.45, 2.75) is 18.9 Å². The van der Waals surface area contributed by atoms with Gasteiger partial charge in [-0.15, -0.1) is 24.8 Å². The fourth-order valence-corrected chi connectivity index (χ4v) is 3.38. The summed E-state index contributed by atoms with van der Waals surface area (Å²) in [5, 5.41) is 13.6. The molecule has 120 valence electrons. The van der Waals surface area contributed by atoms with E-state index in [-0.39, 0.29) is 42.4 Å². The first-order chi connectivity index (χ1) is 9.16. The van der Waals surface area contributed by atoms with Crippen molar-refractivity contribution in [3.8, 4) is 5.75 Å². The van der Waals surface area contributed by atoms with Crippen molar-refractivity contribution in [2.24, 2.45) is 5.92 Å². The van der Waals surface area contributed by atoms with Crippen molar-refractivity contribution in [1.29, 1.82) is 0 Å². The molecular weight excluding hydrogens is 382 g/mol. The molecule has 0 radical (unpaired) electrons. The lowest BCUT2D eigenvalue weighted by Crippen LogP contribution is -2.45. The molecule has 1 saturated carbocycles. The number of phenols is 1. The van der Waals surface area contributed by atoms with Gasteiger partial charge in [-0.3, -0.25) is 4.90 Å². The summed E-state index contributed by atoms with van der Waals surface area (Å²) in [5.74, 6) is 0.454. The second kappa shape index (κ2) is 7.97. The smallest absolute Gasteiger partial charge is 0.134 e. The van der Waals surface area contributed by atoms with Gasteiger partial charge in [0.1, 0.15) is 11.6 Å². The number of hydrogen-bond acceptors (Lipinski definition) is 3. The average molecular weight is 402 g/mol. The first-order valence-electron chi connectivity index (χ1n) is 6.79. The highest BCUT2D eigenvalue weighted by molar-refractivity contribution is 9.10. The van der Waals surface area contributed by atoms with Gasteiger partial charge in [-0.25, -0.2) is 4.39 Å². The summed E-state index contributed by atoms with van der Waals surface area (Å²) in [5.41, 5.74) is 0.733. The Morgan fingerprint density at radius 3 is 2.43 bits per heavy atom. The molecule has 1 aliphatic carbocycles. The van der Waals surface area contributed by atoms with Crippen LogP contribution in [0.2, 0.25) is 0 Å². The van der Waals surface area contributed by atoms with Crippen LogP contribution >= 0.6 is 40.7 Å². The number of halogens is 4. The van der Waals surface area contributed by atoms with Crippen LogP contribution < -0.4 is 5.32 Å². The Morgan fingerprint density at radius 2 is 1.86 bits per heavy atom. The number of phenolic OH excluding ortho intramolecular Hbond substituents is 1. The van der Waals surface area contributed by atoms with E-state index in [1.54, 1.807) is 0 Å². The normalized spacial score (nSPS) is 20.3. The Kier molecular flexibility index (Phi) is 7.20. The first kappa shape index (κ1) is 19.0. The third-order valence-electron chi connectivity index (χ3n) is 3.99. The van der Waals surface area contributed by atoms with Gasteiger partial charge in [0.25, 0.3) is 0 Å². The van der Waals surface area contributed by atoms with E-state index in [9.17, 15) is 9.50 Å². The minimum Gasteiger partial charge on any atom is -0.506 e. The zero-order valence-corrected chi connectivity index (χ0v) is 14.7. The Balaban J connectivity index is 0.00000110. The Labute approximate surface area is 145 Å². The molecule has 3 nitrogen and oxygen atoms in total. The van der Waals surface area contributed by atoms with Gasteiger partial charge in [0, 0.05) is 37.8 Å². The lowest BCUT2D eigenvalue weighted by molar-refractivity contribution is 0.153. The predicted octanol–water partition coefficient (Wildman–Crippen LogP) is 3.49. The molecule has 2 N–H and O–H groups in total. The summed E-state index contributed by atoms with van der Waals surface area (Å²) in [6.45, 7) is 3.82. The summed E-state index contributed by atoms with van der Waals surface area (Å²) in [7, 11) is 0. The van der Waals surface area contributed by atoms with Crippen LogP contribution in [-0.2, 0) is 0 Å². The summed E-state index contributed by atoms with van der Waals surface area (Å²) in [6.07, 6.45) is 2.34. The van der Waals surface area contributed by atoms with Gasteiger partial charge in [0.15, 0.2) is 0 Å². The maximum absolute atomic E-state index is 13.6. The third kappa shape index (κ3) is 4.23. The molecular formula is C14H20BrCl2FN2O. The Bertz CT molecular complexity index is 482. The van der Waals surface area contributed by atoms with Gasteiger partial charge in [0.05, 0.1) is 4.47 Å². The molecule has 1 saturated heterocycles. The number of hydrogen-bond donors (Lipinski definition) is 2. The van der Waals surface area contributed by atoms with Crippen LogP contribution in [0.1, 0.15) is 24.4 Å². The van der Waals surface area contributed by atoms with Crippen LogP contribution in [0, 0.1) is 11.7 Å². The van der Waals surface area contributed by atoms with Crippen LogP contribution in [-0.4, -0.2) is 36.2 Å². The number of nitrogens with one attached hydrogen (secondary N) is 1. The van der Waals surface area contributed by atoms with Crippen molar-refractivity contribution in [3.63, 3.8) is 0 Å². The van der Waals surface area contributed by atoms with E-state index < -0.39 is 0 Å². The Morgan fingerprint density at radius 1 is 1.24 bits per heavy atom. The fourth-order valence-electron chi connectivity index (χ4n) is 2.93. The van der Waals surface area contributed by atoms with E-state index in [1.165, 1.54) is 25.0 Å². The zero-order valence-electron chi connectivity index (χ0n) is 11.5. The molecule has 1 atom stereocenters. The van der Waals surface area contributed by atoms with E-state index >= 15 is 0 Å². The van der Waals surface area contributed by atoms with Gasteiger partial charge in [0.2, 0.25) is 0 Å². The van der Waals surface area contributed by atoms with Crippen molar-refractivity contribution in [3.05, 3.63) is 28.0 Å². The molecule has 2 aliphatic rings. The molecule has 1 heterocycles. The van der Waals surface area contributed by atoms with Crippen LogP contribution in [0.3, 0.4) is 0 Å². The monoisotopic (exact) mass is 400 g/mol. The maximum Gasteiger partial charge on any atom is 0.134 e. The van der Waals surface area contributed by atoms with Gasteiger partial charge in [-0.05, 0) is 46.8 Å². The molecule has 0 bridgehead atoms. The number of piperazine rings is 1. The molecule has 0 unspecified atom stereocenters. The van der Waals surface area contributed by atoms with E-state index in [4.69, 9.17) is 0 Å². The average Bonchev–Trinajstić information content (AvgIpc) is 3.21. The number of nitrogens with zero attached hydrogens (tertiary/aromatic N) is 1. The summed E-state index contributed by atoms with van der Waals surface area (Å²) in [6, 6.07) is 2.96. The SMILES string of the molecule is Cl.Cl.Oc1c(Br)cc(F)cc1[C@H](C1CC1)N1CCNCC1. The molecule has 1 aliphatic heterocycles. The lowest BCUT2D eigenvalue weighted by atomic mass is 9.98. The molecule has 0 spiro atoms. The molecule has 7 heteroatoms. The van der Waals surface area contributed by atoms with Crippen LogP contribution in [0.15, 0.2) is 16.6 Å².